The lowest BCUT2D eigenvalue weighted by Gasteiger charge is -2.21. The predicted molar refractivity (Wildman–Crippen MR) is 43.7 cm³/mol. The lowest BCUT2D eigenvalue weighted by molar-refractivity contribution is 0.174. The molecule has 60 valence electrons. The topological polar surface area (TPSA) is 36.9 Å². The zero-order valence-corrected chi connectivity index (χ0v) is 10.0. The smallest absolute Gasteiger partial charge is 0.425 e. The van der Waals surface area contributed by atoms with E-state index in [-0.39, 0.29) is 0 Å². The quantitative estimate of drug-likeness (QED) is 0.499. The molecule has 7 heteroatoms. The Labute approximate surface area is 66.9 Å². The van der Waals surface area contributed by atoms with Gasteiger partial charge in [-0.3, -0.25) is 0 Å². The molecule has 0 N–H and O–H groups in total. The molecule has 10 heavy (non-hydrogen) atoms. The Bertz CT molecular complexity index is 85.8. The second-order valence-electron chi connectivity index (χ2n) is 1.93. The molecule has 0 bridgehead atoms. The first-order valence-corrected chi connectivity index (χ1v) is 7.08. The highest BCUT2D eigenvalue weighted by atomic mass is 28.4. The molecule has 0 aromatic carbocycles. The van der Waals surface area contributed by atoms with Gasteiger partial charge in [0.25, 0.3) is 20.0 Å². The summed E-state index contributed by atoms with van der Waals surface area (Å²) in [5, 5.41) is 0. The van der Waals surface area contributed by atoms with E-state index in [1.807, 2.05) is 0 Å². The number of hydrogen-bond acceptors (Lipinski definition) is 4. The predicted octanol–water partition coefficient (Wildman–Crippen LogP) is -1.81. The Morgan fingerprint density at radius 2 is 2.10 bits per heavy atom. The largest absolute Gasteiger partial charge is 0.465 e. The van der Waals surface area contributed by atoms with Gasteiger partial charge in [0.2, 0.25) is 0 Å². The molecule has 0 aromatic heterocycles. The van der Waals surface area contributed by atoms with Crippen molar-refractivity contribution in [2.45, 2.75) is 13.3 Å². The Kier molecular flexibility index (Phi) is 4.45. The van der Waals surface area contributed by atoms with Gasteiger partial charge in [-0.2, -0.15) is 0 Å². The molecule has 1 aliphatic heterocycles. The van der Waals surface area contributed by atoms with Crippen LogP contribution in [0.3, 0.4) is 0 Å². The van der Waals surface area contributed by atoms with E-state index in [0.717, 1.165) is 13.0 Å². The molecule has 0 atom stereocenters. The SMILES string of the molecule is CCCO[SiH]1O[SiH2]O[SiH2]O1. The van der Waals surface area contributed by atoms with Gasteiger partial charge in [-0.15, -0.1) is 0 Å². The van der Waals surface area contributed by atoms with E-state index in [1.165, 1.54) is 0 Å². The minimum atomic E-state index is -1.65. The standard InChI is InChI=1S/C3H12O4Si3/c1-2-3-4-10-6-8-5-9-7-10/h10H,2-3,8-9H2,1H3. The van der Waals surface area contributed by atoms with Crippen molar-refractivity contribution >= 4 is 29.5 Å². The first-order valence-electron chi connectivity index (χ1n) is 3.36. The van der Waals surface area contributed by atoms with Gasteiger partial charge < -0.3 is 16.8 Å². The Balaban J connectivity index is 2.02. The summed E-state index contributed by atoms with van der Waals surface area (Å²) in [6.07, 6.45) is 1.03. The van der Waals surface area contributed by atoms with E-state index < -0.39 is 29.5 Å². The van der Waals surface area contributed by atoms with Crippen molar-refractivity contribution in [2.24, 2.45) is 0 Å². The first-order chi connectivity index (χ1) is 4.93. The second kappa shape index (κ2) is 5.18. The summed E-state index contributed by atoms with van der Waals surface area (Å²) in [6, 6.07) is 0. The third kappa shape index (κ3) is 3.05. The summed E-state index contributed by atoms with van der Waals surface area (Å²) in [4.78, 5) is 0. The van der Waals surface area contributed by atoms with Crippen LogP contribution in [0.1, 0.15) is 13.3 Å². The lowest BCUT2D eigenvalue weighted by Crippen LogP contribution is -2.37. The Morgan fingerprint density at radius 1 is 1.40 bits per heavy atom. The molecular weight excluding hydrogens is 184 g/mol. The van der Waals surface area contributed by atoms with Crippen LogP contribution >= 0.6 is 0 Å². The third-order valence-electron chi connectivity index (χ3n) is 1.03. The van der Waals surface area contributed by atoms with Crippen LogP contribution in [-0.2, 0) is 16.8 Å². The highest BCUT2D eigenvalue weighted by molar-refractivity contribution is 6.57. The van der Waals surface area contributed by atoms with Crippen molar-refractivity contribution in [3.8, 4) is 0 Å². The van der Waals surface area contributed by atoms with Gasteiger partial charge in [0.1, 0.15) is 0 Å². The zero-order valence-electron chi connectivity index (χ0n) is 6.04. The summed E-state index contributed by atoms with van der Waals surface area (Å²) in [5.41, 5.74) is 0. The van der Waals surface area contributed by atoms with Gasteiger partial charge in [0, 0.05) is 6.61 Å². The van der Waals surface area contributed by atoms with Gasteiger partial charge in [0.15, 0.2) is 0 Å². The average Bonchev–Trinajstić information content (AvgIpc) is 2.03. The van der Waals surface area contributed by atoms with E-state index in [4.69, 9.17) is 16.8 Å². The number of hydrogen-bond donors (Lipinski definition) is 0. The maximum absolute atomic E-state index is 5.32. The zero-order chi connectivity index (χ0) is 7.23. The molecule has 0 unspecified atom stereocenters. The maximum Gasteiger partial charge on any atom is 0.465 e. The minimum absolute atomic E-state index is 0.693. The molecule has 1 saturated heterocycles. The Morgan fingerprint density at radius 3 is 2.70 bits per heavy atom. The molecule has 0 spiro atoms. The van der Waals surface area contributed by atoms with Crippen LogP contribution in [0.4, 0.5) is 0 Å². The summed E-state index contributed by atoms with van der Waals surface area (Å²) in [6.45, 7) is 2.84. The maximum atomic E-state index is 5.32. The van der Waals surface area contributed by atoms with Crippen LogP contribution in [-0.4, -0.2) is 36.1 Å². The van der Waals surface area contributed by atoms with E-state index in [1.54, 1.807) is 0 Å². The van der Waals surface area contributed by atoms with Gasteiger partial charge in [0.05, 0.1) is 0 Å². The fraction of sp³-hybridized carbons (Fsp3) is 1.00. The molecule has 1 heterocycles. The van der Waals surface area contributed by atoms with Crippen molar-refractivity contribution < 1.29 is 16.8 Å². The highest BCUT2D eigenvalue weighted by Gasteiger charge is 2.18. The van der Waals surface area contributed by atoms with Crippen LogP contribution in [0.25, 0.3) is 0 Å². The van der Waals surface area contributed by atoms with Gasteiger partial charge >= 0.3 is 9.53 Å². The highest BCUT2D eigenvalue weighted by Crippen LogP contribution is 1.96. The summed E-state index contributed by atoms with van der Waals surface area (Å²) < 4.78 is 20.8. The monoisotopic (exact) mass is 196 g/mol. The summed E-state index contributed by atoms with van der Waals surface area (Å²) in [7, 11) is -3.03. The van der Waals surface area contributed by atoms with Gasteiger partial charge in [-0.1, -0.05) is 6.92 Å². The van der Waals surface area contributed by atoms with Crippen molar-refractivity contribution in [3.63, 3.8) is 0 Å². The lowest BCUT2D eigenvalue weighted by atomic mass is 10.5. The fourth-order valence-corrected chi connectivity index (χ4v) is 6.71. The molecule has 1 aliphatic rings. The van der Waals surface area contributed by atoms with Crippen molar-refractivity contribution in [3.05, 3.63) is 0 Å². The van der Waals surface area contributed by atoms with Crippen LogP contribution in [0.2, 0.25) is 0 Å². The normalized spacial score (nSPS) is 31.5. The van der Waals surface area contributed by atoms with Gasteiger partial charge in [-0.05, 0) is 6.42 Å². The molecule has 1 rings (SSSR count). The summed E-state index contributed by atoms with van der Waals surface area (Å²) in [5.74, 6) is 0. The van der Waals surface area contributed by atoms with Crippen molar-refractivity contribution in [1.82, 2.24) is 0 Å². The van der Waals surface area contributed by atoms with E-state index >= 15 is 0 Å². The molecule has 4 nitrogen and oxygen atoms in total. The molecule has 1 fully saturated rings. The Hall–Kier alpha value is 0.491. The van der Waals surface area contributed by atoms with Crippen molar-refractivity contribution in [2.75, 3.05) is 6.61 Å². The van der Waals surface area contributed by atoms with Crippen LogP contribution < -0.4 is 0 Å². The van der Waals surface area contributed by atoms with E-state index in [2.05, 4.69) is 6.92 Å². The molecule has 0 aliphatic carbocycles. The average molecular weight is 196 g/mol. The molecular formula is C3H12O4Si3. The molecule has 0 amide bonds. The van der Waals surface area contributed by atoms with Gasteiger partial charge in [-0.25, -0.2) is 0 Å². The molecule has 0 saturated carbocycles. The first kappa shape index (κ1) is 8.59. The van der Waals surface area contributed by atoms with Crippen LogP contribution in [0, 0.1) is 0 Å². The second-order valence-corrected chi connectivity index (χ2v) is 7.61. The summed E-state index contributed by atoms with van der Waals surface area (Å²) >= 11 is 0. The van der Waals surface area contributed by atoms with Crippen LogP contribution in [0.5, 0.6) is 0 Å². The molecule has 0 aromatic rings. The number of rotatable bonds is 3. The minimum Gasteiger partial charge on any atom is -0.425 e. The van der Waals surface area contributed by atoms with E-state index in [0.29, 0.717) is 0 Å². The van der Waals surface area contributed by atoms with Crippen LogP contribution in [0.15, 0.2) is 0 Å². The van der Waals surface area contributed by atoms with E-state index in [9.17, 15) is 0 Å². The molecule has 0 radical (unpaired) electrons. The third-order valence-corrected chi connectivity index (χ3v) is 6.14. The fourth-order valence-electron chi connectivity index (χ4n) is 0.600. The van der Waals surface area contributed by atoms with Crippen molar-refractivity contribution in [1.29, 1.82) is 0 Å².